The second-order valence-electron chi connectivity index (χ2n) is 6.11. The molecule has 2 aromatic heterocycles. The molecule has 3 aromatic rings. The summed E-state index contributed by atoms with van der Waals surface area (Å²) in [4.78, 5) is 2.57. The molecule has 1 fully saturated rings. The van der Waals surface area contributed by atoms with Crippen LogP contribution in [0.1, 0.15) is 18.4 Å². The van der Waals surface area contributed by atoms with E-state index in [4.69, 9.17) is 0 Å². The number of likely N-dealkylation sites (tertiary alicyclic amines) is 1. The van der Waals surface area contributed by atoms with Gasteiger partial charge in [0.25, 0.3) is 0 Å². The molecule has 1 aromatic carbocycles. The third-order valence-electron chi connectivity index (χ3n) is 4.55. The normalized spacial score (nSPS) is 18.5. The van der Waals surface area contributed by atoms with E-state index in [1.165, 1.54) is 24.9 Å². The third-order valence-corrected chi connectivity index (χ3v) is 4.55. The lowest BCUT2D eigenvalue weighted by molar-refractivity contribution is 0.219. The molecule has 1 aliphatic heterocycles. The largest absolute Gasteiger partial charge is 0.294 e. The summed E-state index contributed by atoms with van der Waals surface area (Å²) in [5.41, 5.74) is 2.46. The van der Waals surface area contributed by atoms with Gasteiger partial charge in [0.05, 0.1) is 12.2 Å². The number of nitrogens with zero attached hydrogens (tertiary/aromatic N) is 5. The van der Waals surface area contributed by atoms with Gasteiger partial charge in [-0.1, -0.05) is 12.1 Å². The zero-order chi connectivity index (χ0) is 15.5. The highest BCUT2D eigenvalue weighted by Gasteiger charge is 2.24. The van der Waals surface area contributed by atoms with Crippen molar-refractivity contribution in [3.05, 3.63) is 66.7 Å². The molecular formula is C18H21N5. The van der Waals surface area contributed by atoms with E-state index < -0.39 is 0 Å². The van der Waals surface area contributed by atoms with E-state index in [-0.39, 0.29) is 0 Å². The maximum absolute atomic E-state index is 4.34. The lowest BCUT2D eigenvalue weighted by Crippen LogP contribution is -2.32. The highest BCUT2D eigenvalue weighted by molar-refractivity contribution is 5.33. The Morgan fingerprint density at radius 2 is 1.83 bits per heavy atom. The van der Waals surface area contributed by atoms with E-state index in [2.05, 4.69) is 45.6 Å². The predicted molar refractivity (Wildman–Crippen MR) is 89.2 cm³/mol. The Balaban J connectivity index is 1.42. The Hall–Kier alpha value is -2.40. The first-order chi connectivity index (χ1) is 11.4. The van der Waals surface area contributed by atoms with Crippen molar-refractivity contribution < 1.29 is 0 Å². The summed E-state index contributed by atoms with van der Waals surface area (Å²) < 4.78 is 3.93. The molecule has 118 valence electrons. The van der Waals surface area contributed by atoms with Crippen molar-refractivity contribution in [2.24, 2.45) is 0 Å². The molecule has 5 heteroatoms. The molecule has 0 saturated carbocycles. The van der Waals surface area contributed by atoms with Crippen LogP contribution < -0.4 is 0 Å². The minimum Gasteiger partial charge on any atom is -0.294 e. The van der Waals surface area contributed by atoms with Crippen LogP contribution in [-0.4, -0.2) is 37.0 Å². The lowest BCUT2D eigenvalue weighted by atomic mass is 10.1. The van der Waals surface area contributed by atoms with Crippen LogP contribution >= 0.6 is 0 Å². The Kier molecular flexibility index (Phi) is 3.94. The van der Waals surface area contributed by atoms with E-state index in [9.17, 15) is 0 Å². The van der Waals surface area contributed by atoms with Crippen molar-refractivity contribution in [3.63, 3.8) is 0 Å². The summed E-state index contributed by atoms with van der Waals surface area (Å²) in [6, 6.07) is 13.2. The Morgan fingerprint density at radius 1 is 1.00 bits per heavy atom. The van der Waals surface area contributed by atoms with E-state index in [0.717, 1.165) is 18.8 Å². The number of benzene rings is 1. The quantitative estimate of drug-likeness (QED) is 0.727. The van der Waals surface area contributed by atoms with Crippen LogP contribution in [0.15, 0.2) is 61.2 Å². The molecule has 0 bridgehead atoms. The van der Waals surface area contributed by atoms with Crippen LogP contribution in [-0.2, 0) is 13.1 Å². The average Bonchev–Trinajstić information content (AvgIpc) is 3.32. The third kappa shape index (κ3) is 3.19. The minimum absolute atomic E-state index is 0.584. The van der Waals surface area contributed by atoms with E-state index in [1.807, 2.05) is 33.9 Å². The fourth-order valence-corrected chi connectivity index (χ4v) is 3.34. The highest BCUT2D eigenvalue weighted by atomic mass is 15.3. The Labute approximate surface area is 136 Å². The van der Waals surface area contributed by atoms with Crippen LogP contribution in [0.5, 0.6) is 0 Å². The fourth-order valence-electron chi connectivity index (χ4n) is 3.34. The Morgan fingerprint density at radius 3 is 2.57 bits per heavy atom. The van der Waals surface area contributed by atoms with Crippen LogP contribution in [0.25, 0.3) is 5.69 Å². The maximum Gasteiger partial charge on any atom is 0.0645 e. The maximum atomic E-state index is 4.34. The minimum atomic E-state index is 0.584. The molecule has 1 atom stereocenters. The van der Waals surface area contributed by atoms with E-state index in [0.29, 0.717) is 6.04 Å². The van der Waals surface area contributed by atoms with Gasteiger partial charge in [-0.25, -0.2) is 4.68 Å². The van der Waals surface area contributed by atoms with Gasteiger partial charge in [-0.05, 0) is 49.2 Å². The standard InChI is InChI=1S/C18H21N5/c1-4-18(15-22-12-2-9-19-22)21(11-1)14-16-5-7-17(8-6-16)23-13-3-10-20-23/h2-3,5-10,12-13,18H,1,4,11,14-15H2/t18-/m1/s1. The first kappa shape index (κ1) is 14.2. The van der Waals surface area contributed by atoms with Crippen molar-refractivity contribution in [2.75, 3.05) is 6.54 Å². The van der Waals surface area contributed by atoms with Crippen LogP contribution in [0.2, 0.25) is 0 Å². The predicted octanol–water partition coefficient (Wildman–Crippen LogP) is 2.73. The molecule has 0 amide bonds. The molecule has 4 rings (SSSR count). The average molecular weight is 307 g/mol. The van der Waals surface area contributed by atoms with Crippen molar-refractivity contribution >= 4 is 0 Å². The van der Waals surface area contributed by atoms with E-state index in [1.54, 1.807) is 6.20 Å². The molecule has 0 radical (unpaired) electrons. The molecule has 5 nitrogen and oxygen atoms in total. The van der Waals surface area contributed by atoms with Crippen molar-refractivity contribution in [2.45, 2.75) is 32.0 Å². The highest BCUT2D eigenvalue weighted by Crippen LogP contribution is 2.21. The summed E-state index contributed by atoms with van der Waals surface area (Å²) in [6.07, 6.45) is 10.2. The van der Waals surface area contributed by atoms with Crippen molar-refractivity contribution in [1.82, 2.24) is 24.5 Å². The SMILES string of the molecule is c1cnn(C[C@H]2CCCN2Cc2ccc(-n3cccn3)cc2)c1. The first-order valence-electron chi connectivity index (χ1n) is 8.19. The molecule has 0 spiro atoms. The van der Waals surface area contributed by atoms with Gasteiger partial charge in [0.15, 0.2) is 0 Å². The zero-order valence-corrected chi connectivity index (χ0v) is 13.1. The molecule has 1 saturated heterocycles. The fraction of sp³-hybridized carbons (Fsp3) is 0.333. The van der Waals surface area contributed by atoms with Gasteiger partial charge in [0.1, 0.15) is 0 Å². The zero-order valence-electron chi connectivity index (χ0n) is 13.1. The van der Waals surface area contributed by atoms with Gasteiger partial charge in [-0.3, -0.25) is 9.58 Å². The first-order valence-corrected chi connectivity index (χ1v) is 8.19. The molecule has 23 heavy (non-hydrogen) atoms. The van der Waals surface area contributed by atoms with E-state index >= 15 is 0 Å². The van der Waals surface area contributed by atoms with Gasteiger partial charge in [-0.15, -0.1) is 0 Å². The summed E-state index contributed by atoms with van der Waals surface area (Å²) in [5, 5.41) is 8.61. The van der Waals surface area contributed by atoms with Crippen molar-refractivity contribution in [1.29, 1.82) is 0 Å². The Bertz CT molecular complexity index is 715. The monoisotopic (exact) mass is 307 g/mol. The smallest absolute Gasteiger partial charge is 0.0645 e. The van der Waals surface area contributed by atoms with Crippen molar-refractivity contribution in [3.8, 4) is 5.69 Å². The van der Waals surface area contributed by atoms with Gasteiger partial charge in [0.2, 0.25) is 0 Å². The second kappa shape index (κ2) is 6.38. The molecule has 3 heterocycles. The number of hydrogen-bond donors (Lipinski definition) is 0. The van der Waals surface area contributed by atoms with Gasteiger partial charge < -0.3 is 0 Å². The van der Waals surface area contributed by atoms with Gasteiger partial charge in [-0.2, -0.15) is 10.2 Å². The molecular weight excluding hydrogens is 286 g/mol. The number of aromatic nitrogens is 4. The van der Waals surface area contributed by atoms with Crippen LogP contribution in [0, 0.1) is 0 Å². The van der Waals surface area contributed by atoms with Crippen LogP contribution in [0.4, 0.5) is 0 Å². The van der Waals surface area contributed by atoms with Gasteiger partial charge >= 0.3 is 0 Å². The molecule has 1 aliphatic rings. The summed E-state index contributed by atoms with van der Waals surface area (Å²) in [5.74, 6) is 0. The van der Waals surface area contributed by atoms with Crippen LogP contribution in [0.3, 0.4) is 0 Å². The van der Waals surface area contributed by atoms with Gasteiger partial charge in [0, 0.05) is 37.4 Å². The molecule has 0 unspecified atom stereocenters. The summed E-state index contributed by atoms with van der Waals surface area (Å²) >= 11 is 0. The molecule has 0 aliphatic carbocycles. The lowest BCUT2D eigenvalue weighted by Gasteiger charge is -2.24. The number of hydrogen-bond acceptors (Lipinski definition) is 3. The summed E-state index contributed by atoms with van der Waals surface area (Å²) in [6.45, 7) is 3.16. The number of rotatable bonds is 5. The summed E-state index contributed by atoms with van der Waals surface area (Å²) in [7, 11) is 0. The second-order valence-corrected chi connectivity index (χ2v) is 6.11. The topological polar surface area (TPSA) is 38.9 Å². The molecule has 0 N–H and O–H groups in total.